The number of imide groups is 1. The molecule has 1 heterocycles. The molecule has 0 radical (unpaired) electrons. The van der Waals surface area contributed by atoms with E-state index in [9.17, 15) is 14.4 Å². The Hall–Kier alpha value is -1.48. The minimum Gasteiger partial charge on any atom is -0.272 e. The molecule has 52 valence electrons. The van der Waals surface area contributed by atoms with Crippen molar-refractivity contribution in [2.75, 3.05) is 0 Å². The van der Waals surface area contributed by atoms with Crippen LogP contribution in [0.5, 0.6) is 0 Å². The highest BCUT2D eigenvalue weighted by Crippen LogP contribution is 2.10. The van der Waals surface area contributed by atoms with Gasteiger partial charge in [-0.3, -0.25) is 9.59 Å². The fourth-order valence-corrected chi connectivity index (χ4v) is 0.717. The first-order chi connectivity index (χ1) is 4.75. The molecule has 0 atom stereocenters. The minimum atomic E-state index is -0.437. The third-order valence-electron chi connectivity index (χ3n) is 1.17. The number of hydrazone groups is 1. The van der Waals surface area contributed by atoms with Crippen LogP contribution in [0, 0.1) is 0 Å². The smallest absolute Gasteiger partial charge is 0.259 e. The molecule has 0 bridgehead atoms. The lowest BCUT2D eigenvalue weighted by Crippen LogP contribution is -2.22. The van der Waals surface area contributed by atoms with Crippen molar-refractivity contribution in [3.8, 4) is 0 Å². The average molecular weight is 140 g/mol. The molecule has 0 N–H and O–H groups in total. The molecule has 0 unspecified atom stereocenters. The van der Waals surface area contributed by atoms with E-state index in [4.69, 9.17) is 0 Å². The van der Waals surface area contributed by atoms with Gasteiger partial charge in [0.15, 0.2) is 0 Å². The van der Waals surface area contributed by atoms with Crippen molar-refractivity contribution in [2.24, 2.45) is 5.10 Å². The predicted octanol–water partition coefficient (Wildman–Crippen LogP) is -0.614. The zero-order valence-corrected chi connectivity index (χ0v) is 5.03. The summed E-state index contributed by atoms with van der Waals surface area (Å²) in [7, 11) is 0. The van der Waals surface area contributed by atoms with E-state index >= 15 is 0 Å². The molecule has 5 nitrogen and oxygen atoms in total. The van der Waals surface area contributed by atoms with Crippen molar-refractivity contribution in [1.82, 2.24) is 5.01 Å². The largest absolute Gasteiger partial charge is 0.272 e. The second kappa shape index (κ2) is 2.41. The molecule has 1 fully saturated rings. The van der Waals surface area contributed by atoms with Gasteiger partial charge in [-0.2, -0.15) is 5.01 Å². The first-order valence-electron chi connectivity index (χ1n) is 2.69. The van der Waals surface area contributed by atoms with Crippen LogP contribution in [0.3, 0.4) is 0 Å². The zero-order valence-electron chi connectivity index (χ0n) is 5.03. The zero-order chi connectivity index (χ0) is 7.56. The van der Waals surface area contributed by atoms with Gasteiger partial charge >= 0.3 is 0 Å². The number of carbonyl (C=O) groups excluding carboxylic acids is 3. The highest BCUT2D eigenvalue weighted by Gasteiger charge is 2.28. The maximum Gasteiger partial charge on any atom is 0.259 e. The molecule has 0 aromatic heterocycles. The van der Waals surface area contributed by atoms with Crippen molar-refractivity contribution < 1.29 is 14.4 Å². The van der Waals surface area contributed by atoms with Crippen LogP contribution >= 0.6 is 0 Å². The lowest BCUT2D eigenvalue weighted by atomic mass is 10.4. The third-order valence-corrected chi connectivity index (χ3v) is 1.17. The van der Waals surface area contributed by atoms with E-state index in [1.54, 1.807) is 0 Å². The number of carbonyl (C=O) groups is 2. The van der Waals surface area contributed by atoms with Crippen LogP contribution in [-0.2, 0) is 14.4 Å². The first-order valence-corrected chi connectivity index (χ1v) is 2.69. The molecule has 5 heteroatoms. The van der Waals surface area contributed by atoms with Gasteiger partial charge < -0.3 is 0 Å². The molecule has 1 aliphatic rings. The van der Waals surface area contributed by atoms with Gasteiger partial charge in [-0.1, -0.05) is 5.10 Å². The van der Waals surface area contributed by atoms with E-state index in [1.807, 2.05) is 0 Å². The summed E-state index contributed by atoms with van der Waals surface area (Å²) in [6.45, 7) is 0. The van der Waals surface area contributed by atoms with Gasteiger partial charge in [0.1, 0.15) is 0 Å². The molecular formula is C5H4N2O3. The molecular weight excluding hydrogens is 136 g/mol. The van der Waals surface area contributed by atoms with Gasteiger partial charge in [0, 0.05) is 12.8 Å². The Bertz CT molecular complexity index is 213. The number of hydrogen-bond acceptors (Lipinski definition) is 4. The Kier molecular flexibility index (Phi) is 1.60. The van der Waals surface area contributed by atoms with Crippen LogP contribution in [0.15, 0.2) is 5.10 Å². The van der Waals surface area contributed by atoms with Gasteiger partial charge in [0.2, 0.25) is 0 Å². The Balaban J connectivity index is 2.81. The summed E-state index contributed by atoms with van der Waals surface area (Å²) in [6.07, 6.45) is 1.42. The Morgan fingerprint density at radius 1 is 1.30 bits per heavy atom. The number of rotatable bonds is 1. The summed E-state index contributed by atoms with van der Waals surface area (Å²) in [5.41, 5.74) is 0. The standard InChI is InChI=1S/C5H4N2O3/c8-3-6-7-4(9)1-2-5(7)10/h1-2H2. The van der Waals surface area contributed by atoms with E-state index in [-0.39, 0.29) is 12.8 Å². The Labute approximate surface area is 56.3 Å². The second-order valence-corrected chi connectivity index (χ2v) is 1.79. The number of isocyanates is 1. The highest BCUT2D eigenvalue weighted by atomic mass is 16.2. The number of amides is 2. The lowest BCUT2D eigenvalue weighted by Gasteiger charge is -1.99. The van der Waals surface area contributed by atoms with Crippen molar-refractivity contribution in [2.45, 2.75) is 12.8 Å². The van der Waals surface area contributed by atoms with Crippen molar-refractivity contribution >= 4 is 17.9 Å². The Morgan fingerprint density at radius 3 is 2.20 bits per heavy atom. The molecule has 0 saturated carbocycles. The van der Waals surface area contributed by atoms with E-state index in [0.29, 0.717) is 5.01 Å². The summed E-state index contributed by atoms with van der Waals surface area (Å²) in [5, 5.41) is 3.46. The van der Waals surface area contributed by atoms with E-state index in [0.717, 1.165) is 6.08 Å². The quantitative estimate of drug-likeness (QED) is 0.277. The maximum absolute atomic E-state index is 10.6. The van der Waals surface area contributed by atoms with Crippen molar-refractivity contribution in [3.05, 3.63) is 0 Å². The molecule has 1 aliphatic heterocycles. The number of nitrogens with zero attached hydrogens (tertiary/aromatic N) is 2. The summed E-state index contributed by atoms with van der Waals surface area (Å²) in [4.78, 5) is 30.8. The van der Waals surface area contributed by atoms with Crippen LogP contribution in [-0.4, -0.2) is 22.9 Å². The summed E-state index contributed by atoms with van der Waals surface area (Å²) < 4.78 is 0. The number of hydrogen-bond donors (Lipinski definition) is 0. The monoisotopic (exact) mass is 140 g/mol. The van der Waals surface area contributed by atoms with E-state index in [1.165, 1.54) is 0 Å². The Morgan fingerprint density at radius 2 is 1.80 bits per heavy atom. The molecule has 0 spiro atoms. The first kappa shape index (κ1) is 6.64. The van der Waals surface area contributed by atoms with Gasteiger partial charge in [-0.15, -0.1) is 0 Å². The van der Waals surface area contributed by atoms with E-state index < -0.39 is 11.8 Å². The van der Waals surface area contributed by atoms with Crippen molar-refractivity contribution in [3.63, 3.8) is 0 Å². The molecule has 0 aliphatic carbocycles. The van der Waals surface area contributed by atoms with Crippen LogP contribution in [0.2, 0.25) is 0 Å². The minimum absolute atomic E-state index is 0.143. The molecule has 0 aromatic carbocycles. The topological polar surface area (TPSA) is 66.8 Å². The fourth-order valence-electron chi connectivity index (χ4n) is 0.717. The summed E-state index contributed by atoms with van der Waals surface area (Å²) in [6, 6.07) is 0. The normalized spacial score (nSPS) is 17.4. The summed E-state index contributed by atoms with van der Waals surface area (Å²) >= 11 is 0. The molecule has 10 heavy (non-hydrogen) atoms. The summed E-state index contributed by atoms with van der Waals surface area (Å²) in [5.74, 6) is -0.873. The lowest BCUT2D eigenvalue weighted by molar-refractivity contribution is -0.138. The van der Waals surface area contributed by atoms with Crippen LogP contribution in [0.25, 0.3) is 0 Å². The molecule has 1 rings (SSSR count). The SMILES string of the molecule is O=C=NN1C(=O)CCC1=O. The van der Waals surface area contributed by atoms with E-state index in [2.05, 4.69) is 5.10 Å². The van der Waals surface area contributed by atoms with Crippen LogP contribution in [0.4, 0.5) is 0 Å². The average Bonchev–Trinajstić information content (AvgIpc) is 2.20. The molecule has 2 amide bonds. The molecule has 1 saturated heterocycles. The van der Waals surface area contributed by atoms with Crippen molar-refractivity contribution in [1.29, 1.82) is 0 Å². The fraction of sp³-hybridized carbons (Fsp3) is 0.400. The maximum atomic E-state index is 10.6. The van der Waals surface area contributed by atoms with Gasteiger partial charge in [-0.05, 0) is 0 Å². The molecule has 0 aromatic rings. The third kappa shape index (κ3) is 0.942. The predicted molar refractivity (Wildman–Crippen MR) is 29.2 cm³/mol. The van der Waals surface area contributed by atoms with Gasteiger partial charge in [-0.25, -0.2) is 4.79 Å². The van der Waals surface area contributed by atoms with Gasteiger partial charge in [0.25, 0.3) is 17.9 Å². The second-order valence-electron chi connectivity index (χ2n) is 1.79. The van der Waals surface area contributed by atoms with Crippen LogP contribution < -0.4 is 0 Å². The van der Waals surface area contributed by atoms with Gasteiger partial charge in [0.05, 0.1) is 0 Å². The van der Waals surface area contributed by atoms with Crippen LogP contribution in [0.1, 0.15) is 12.8 Å². The highest BCUT2D eigenvalue weighted by molar-refractivity contribution is 6.01.